The Morgan fingerprint density at radius 3 is 2.68 bits per heavy atom. The zero-order valence-electron chi connectivity index (χ0n) is 11.1. The number of nitrogens with one attached hydrogen (secondary N) is 1. The van der Waals surface area contributed by atoms with Crippen LogP contribution in [-0.4, -0.2) is 11.5 Å². The number of hydrogen-bond acceptors (Lipinski definition) is 3. The Labute approximate surface area is 112 Å². The van der Waals surface area contributed by atoms with Gasteiger partial charge in [0.15, 0.2) is 0 Å². The molecule has 0 heterocycles. The zero-order valence-corrected chi connectivity index (χ0v) is 11.1. The maximum absolute atomic E-state index is 13.5. The summed E-state index contributed by atoms with van der Waals surface area (Å²) in [5.41, 5.74) is 0.0386. The summed E-state index contributed by atoms with van der Waals surface area (Å²) in [6.07, 6.45) is 5.74. The van der Waals surface area contributed by atoms with Crippen molar-refractivity contribution in [3.05, 3.63) is 34.1 Å². The molecule has 0 radical (unpaired) electrons. The Morgan fingerprint density at radius 1 is 1.42 bits per heavy atom. The maximum atomic E-state index is 13.5. The van der Waals surface area contributed by atoms with Crippen LogP contribution in [0.3, 0.4) is 0 Å². The highest BCUT2D eigenvalue weighted by Gasteiger charge is 2.32. The molecule has 1 saturated carbocycles. The largest absolute Gasteiger partial charge is 0.379 e. The molecule has 0 amide bonds. The molecule has 1 aromatic carbocycles. The fraction of sp³-hybridized carbons (Fsp3) is 0.571. The van der Waals surface area contributed by atoms with Crippen LogP contribution >= 0.6 is 0 Å². The van der Waals surface area contributed by atoms with Crippen molar-refractivity contribution in [3.63, 3.8) is 0 Å². The maximum Gasteiger partial charge on any atom is 0.327 e. The number of nitro benzene ring substituents is 1. The number of halogens is 1. The van der Waals surface area contributed by atoms with E-state index in [0.717, 1.165) is 25.3 Å². The summed E-state index contributed by atoms with van der Waals surface area (Å²) in [6, 6.07) is 4.19. The van der Waals surface area contributed by atoms with Crippen molar-refractivity contribution in [3.8, 4) is 0 Å². The van der Waals surface area contributed by atoms with E-state index < -0.39 is 16.4 Å². The predicted octanol–water partition coefficient (Wildman–Crippen LogP) is 4.12. The Bertz CT molecular complexity index is 471. The molecule has 4 nitrogen and oxygen atoms in total. The smallest absolute Gasteiger partial charge is 0.327 e. The average molecular weight is 266 g/mol. The van der Waals surface area contributed by atoms with Crippen LogP contribution in [0.15, 0.2) is 18.2 Å². The van der Waals surface area contributed by atoms with Crippen molar-refractivity contribution in [2.75, 3.05) is 11.9 Å². The highest BCUT2D eigenvalue weighted by atomic mass is 19.1. The standard InChI is InChI=1S/C14H19FN2O2/c1-2-14(8-3-4-9-14)10-16-12-7-5-6-11(15)13(12)17(18)19/h5-7,16H,2-4,8-10H2,1H3. The molecular weight excluding hydrogens is 247 g/mol. The van der Waals surface area contributed by atoms with Gasteiger partial charge in [0.25, 0.3) is 0 Å². The minimum Gasteiger partial charge on any atom is -0.379 e. The van der Waals surface area contributed by atoms with Crippen molar-refractivity contribution in [1.29, 1.82) is 0 Å². The number of para-hydroxylation sites is 1. The molecule has 0 aromatic heterocycles. The SMILES string of the molecule is CCC1(CNc2cccc(F)c2[N+](=O)[O-])CCCC1. The Morgan fingerprint density at radius 2 is 2.11 bits per heavy atom. The molecule has 0 atom stereocenters. The summed E-state index contributed by atoms with van der Waals surface area (Å²) in [5, 5.41) is 14.0. The molecule has 2 rings (SSSR count). The molecule has 1 aliphatic carbocycles. The molecule has 0 saturated heterocycles. The minimum absolute atomic E-state index is 0.209. The van der Waals surface area contributed by atoms with E-state index in [4.69, 9.17) is 0 Å². The fourth-order valence-electron chi connectivity index (χ4n) is 2.91. The summed E-state index contributed by atoms with van der Waals surface area (Å²) < 4.78 is 13.5. The highest BCUT2D eigenvalue weighted by Crippen LogP contribution is 2.41. The Hall–Kier alpha value is -1.65. The fourth-order valence-corrected chi connectivity index (χ4v) is 2.91. The first kappa shape index (κ1) is 13.8. The molecule has 0 spiro atoms. The summed E-state index contributed by atoms with van der Waals surface area (Å²) in [4.78, 5) is 10.3. The van der Waals surface area contributed by atoms with Crippen LogP contribution in [0.4, 0.5) is 15.8 Å². The molecule has 0 unspecified atom stereocenters. The quantitative estimate of drug-likeness (QED) is 0.644. The molecule has 104 valence electrons. The van der Waals surface area contributed by atoms with Gasteiger partial charge in [-0.1, -0.05) is 25.8 Å². The molecule has 19 heavy (non-hydrogen) atoms. The number of nitrogens with zero attached hydrogens (tertiary/aromatic N) is 1. The molecule has 1 N–H and O–H groups in total. The van der Waals surface area contributed by atoms with E-state index in [-0.39, 0.29) is 11.1 Å². The second-order valence-electron chi connectivity index (χ2n) is 5.31. The molecule has 1 aliphatic rings. The van der Waals surface area contributed by atoms with E-state index in [0.29, 0.717) is 6.54 Å². The number of hydrogen-bond donors (Lipinski definition) is 1. The highest BCUT2D eigenvalue weighted by molar-refractivity contribution is 5.62. The molecule has 1 fully saturated rings. The average Bonchev–Trinajstić information content (AvgIpc) is 2.85. The van der Waals surface area contributed by atoms with E-state index in [9.17, 15) is 14.5 Å². The van der Waals surface area contributed by atoms with Crippen molar-refractivity contribution in [2.24, 2.45) is 5.41 Å². The van der Waals surface area contributed by atoms with Crippen LogP contribution in [0.5, 0.6) is 0 Å². The van der Waals surface area contributed by atoms with Crippen molar-refractivity contribution in [1.82, 2.24) is 0 Å². The molecule has 5 heteroatoms. The lowest BCUT2D eigenvalue weighted by Crippen LogP contribution is -2.26. The first-order valence-electron chi connectivity index (χ1n) is 6.75. The van der Waals surface area contributed by atoms with Gasteiger partial charge >= 0.3 is 5.69 Å². The van der Waals surface area contributed by atoms with Crippen molar-refractivity contribution >= 4 is 11.4 Å². The van der Waals surface area contributed by atoms with Gasteiger partial charge in [0.05, 0.1) is 4.92 Å². The summed E-state index contributed by atoms with van der Waals surface area (Å²) >= 11 is 0. The van der Waals surface area contributed by atoms with Crippen molar-refractivity contribution < 1.29 is 9.31 Å². The summed E-state index contributed by atoms with van der Waals surface area (Å²) in [6.45, 7) is 2.82. The lowest BCUT2D eigenvalue weighted by Gasteiger charge is -2.28. The topological polar surface area (TPSA) is 55.2 Å². The van der Waals surface area contributed by atoms with Gasteiger partial charge in [-0.25, -0.2) is 0 Å². The molecule has 1 aromatic rings. The van der Waals surface area contributed by atoms with Crippen LogP contribution in [0.1, 0.15) is 39.0 Å². The molecular formula is C14H19FN2O2. The van der Waals surface area contributed by atoms with Crippen LogP contribution < -0.4 is 5.32 Å². The van der Waals surface area contributed by atoms with E-state index >= 15 is 0 Å². The number of rotatable bonds is 5. The third kappa shape index (κ3) is 2.85. The third-order valence-corrected chi connectivity index (χ3v) is 4.24. The minimum atomic E-state index is -0.785. The van der Waals surface area contributed by atoms with Gasteiger partial charge in [-0.3, -0.25) is 10.1 Å². The number of nitro groups is 1. The van der Waals surface area contributed by atoms with Crippen LogP contribution in [0.25, 0.3) is 0 Å². The van der Waals surface area contributed by atoms with Crippen LogP contribution in [0.2, 0.25) is 0 Å². The lowest BCUT2D eigenvalue weighted by molar-refractivity contribution is -0.386. The summed E-state index contributed by atoms with van der Waals surface area (Å²) in [7, 11) is 0. The van der Waals surface area contributed by atoms with E-state index in [1.54, 1.807) is 6.07 Å². The second kappa shape index (κ2) is 5.55. The monoisotopic (exact) mass is 266 g/mol. The summed E-state index contributed by atoms with van der Waals surface area (Å²) in [5.74, 6) is -0.785. The number of benzene rings is 1. The predicted molar refractivity (Wildman–Crippen MR) is 72.7 cm³/mol. The van der Waals surface area contributed by atoms with Gasteiger partial charge in [-0.15, -0.1) is 0 Å². The van der Waals surface area contributed by atoms with Gasteiger partial charge in [0, 0.05) is 6.54 Å². The van der Waals surface area contributed by atoms with Crippen molar-refractivity contribution in [2.45, 2.75) is 39.0 Å². The van der Waals surface area contributed by atoms with Crippen LogP contribution in [0, 0.1) is 21.3 Å². The number of anilines is 1. The van der Waals surface area contributed by atoms with Gasteiger partial charge in [0.1, 0.15) is 5.69 Å². The van der Waals surface area contributed by atoms with Gasteiger partial charge in [0.2, 0.25) is 5.82 Å². The van der Waals surface area contributed by atoms with Gasteiger partial charge < -0.3 is 5.32 Å². The van der Waals surface area contributed by atoms with E-state index in [2.05, 4.69) is 12.2 Å². The third-order valence-electron chi connectivity index (χ3n) is 4.24. The van der Waals surface area contributed by atoms with Crippen LogP contribution in [-0.2, 0) is 0 Å². The Balaban J connectivity index is 2.15. The molecule has 0 bridgehead atoms. The second-order valence-corrected chi connectivity index (χ2v) is 5.31. The van der Waals surface area contributed by atoms with Gasteiger partial charge in [-0.05, 0) is 36.8 Å². The zero-order chi connectivity index (χ0) is 13.9. The molecule has 0 aliphatic heterocycles. The van der Waals surface area contributed by atoms with Gasteiger partial charge in [-0.2, -0.15) is 4.39 Å². The lowest BCUT2D eigenvalue weighted by atomic mass is 9.83. The first-order chi connectivity index (χ1) is 9.08. The van der Waals surface area contributed by atoms with E-state index in [1.165, 1.54) is 18.9 Å². The first-order valence-corrected chi connectivity index (χ1v) is 6.75. The normalized spacial score (nSPS) is 17.4. The Kier molecular flexibility index (Phi) is 4.02. The van der Waals surface area contributed by atoms with E-state index in [1.807, 2.05) is 0 Å².